The molecule has 52 heavy (non-hydrogen) atoms. The van der Waals surface area contributed by atoms with Crippen LogP contribution in [0.15, 0.2) is 36.7 Å². The topological polar surface area (TPSA) is 173 Å². The third-order valence-corrected chi connectivity index (χ3v) is 10.8. The highest BCUT2D eigenvalue weighted by atomic mass is 31.2. The molecule has 3 aromatic rings. The highest BCUT2D eigenvalue weighted by molar-refractivity contribution is 7.52. The van der Waals surface area contributed by atoms with Gasteiger partial charge in [-0.25, -0.2) is 9.55 Å². The van der Waals surface area contributed by atoms with E-state index in [4.69, 9.17) is 30.7 Å². The molecule has 1 aliphatic rings. The van der Waals surface area contributed by atoms with E-state index in [0.29, 0.717) is 0 Å². The monoisotopic (exact) mass is 744 g/mol. The summed E-state index contributed by atoms with van der Waals surface area (Å²) in [5.74, 6) is 1.83. The van der Waals surface area contributed by atoms with E-state index in [2.05, 4.69) is 32.9 Å². The molecule has 1 aliphatic heterocycles. The normalized spacial score (nSPS) is 20.4. The second-order valence-corrected chi connectivity index (χ2v) is 15.0. The van der Waals surface area contributed by atoms with Gasteiger partial charge in [-0.1, -0.05) is 115 Å². The first-order valence-electron chi connectivity index (χ1n) is 18.5. The van der Waals surface area contributed by atoms with Crippen LogP contribution in [0.5, 0.6) is 5.75 Å². The number of terminal acetylenes is 1. The lowest BCUT2D eigenvalue weighted by Crippen LogP contribution is -2.43. The predicted octanol–water partition coefficient (Wildman–Crippen LogP) is 7.41. The predicted molar refractivity (Wildman–Crippen MR) is 197 cm³/mol. The lowest BCUT2D eigenvalue weighted by molar-refractivity contribution is -0.145. The minimum Gasteiger partial charge on any atom is -0.465 e. The number of esters is 1. The van der Waals surface area contributed by atoms with Gasteiger partial charge in [0.15, 0.2) is 22.6 Å². The summed E-state index contributed by atoms with van der Waals surface area (Å²) in [4.78, 5) is 24.3. The minimum atomic E-state index is -4.34. The van der Waals surface area contributed by atoms with Gasteiger partial charge >= 0.3 is 19.8 Å². The Morgan fingerprint density at radius 1 is 1.10 bits per heavy atom. The van der Waals surface area contributed by atoms with Crippen molar-refractivity contribution >= 4 is 30.7 Å². The van der Waals surface area contributed by atoms with Crippen LogP contribution >= 0.6 is 7.75 Å². The van der Waals surface area contributed by atoms with Crippen molar-refractivity contribution in [1.29, 1.82) is 0 Å². The molecule has 286 valence electrons. The fourth-order valence-electron chi connectivity index (χ4n) is 6.12. The van der Waals surface area contributed by atoms with Crippen molar-refractivity contribution in [2.75, 3.05) is 18.9 Å². The molecule has 4 rings (SSSR count). The van der Waals surface area contributed by atoms with Crippen molar-refractivity contribution in [1.82, 2.24) is 24.6 Å². The molecule has 0 bridgehead atoms. The number of halogens is 1. The minimum absolute atomic E-state index is 0.0390. The van der Waals surface area contributed by atoms with E-state index in [9.17, 15) is 18.9 Å². The average molecular weight is 745 g/mol. The molecule has 3 heterocycles. The molecule has 13 nitrogen and oxygen atoms in total. The molecule has 1 aromatic carbocycles. The number of fused-ring (bicyclic) bond motifs is 1. The van der Waals surface area contributed by atoms with Crippen molar-refractivity contribution in [3.63, 3.8) is 0 Å². The van der Waals surface area contributed by atoms with Gasteiger partial charge in [-0.05, 0) is 25.5 Å². The number of carbonyl (C=O) groups excluding carboxylic acids is 1. The number of nitrogens with zero attached hydrogens (tertiary/aromatic N) is 4. The zero-order valence-electron chi connectivity index (χ0n) is 30.4. The Bertz CT molecular complexity index is 1640. The number of ether oxygens (including phenoxy) is 2. The Hall–Kier alpha value is -3.60. The fraction of sp³-hybridized carbons (Fsp3) is 0.622. The van der Waals surface area contributed by atoms with Gasteiger partial charge < -0.3 is 24.8 Å². The fourth-order valence-corrected chi connectivity index (χ4v) is 7.64. The summed E-state index contributed by atoms with van der Waals surface area (Å²) < 4.78 is 52.5. The van der Waals surface area contributed by atoms with E-state index in [-0.39, 0.29) is 35.8 Å². The first-order chi connectivity index (χ1) is 25.1. The number of rotatable bonds is 24. The number of nitrogen functional groups attached to an aromatic ring is 1. The number of hydrogen-bond acceptors (Lipinski definition) is 11. The van der Waals surface area contributed by atoms with Crippen molar-refractivity contribution in [2.24, 2.45) is 0 Å². The van der Waals surface area contributed by atoms with Crippen LogP contribution in [0.1, 0.15) is 116 Å². The van der Waals surface area contributed by atoms with Crippen molar-refractivity contribution in [3.8, 4) is 18.1 Å². The number of carbonyl (C=O) groups is 1. The van der Waals surface area contributed by atoms with Gasteiger partial charge in [0.1, 0.15) is 30.7 Å². The molecule has 2 aromatic heterocycles. The van der Waals surface area contributed by atoms with E-state index < -0.39 is 50.4 Å². The summed E-state index contributed by atoms with van der Waals surface area (Å²) in [6, 6.07) is 7.17. The van der Waals surface area contributed by atoms with E-state index in [1.807, 2.05) is 0 Å². The van der Waals surface area contributed by atoms with E-state index in [0.717, 1.165) is 19.3 Å². The highest BCUT2D eigenvalue weighted by Crippen LogP contribution is 2.48. The maximum absolute atomic E-state index is 14.1. The van der Waals surface area contributed by atoms with Gasteiger partial charge in [0.25, 0.3) is 0 Å². The smallest absolute Gasteiger partial charge is 0.459 e. The SMILES string of the molecule is C#C[C@]1(COP(=O)(N[C@@H](C)C(=O)OCCCCCCCCCCCCCCCC)Oc2ccccc2)OC(n2cnc3c(N)nc(F)nc32)C[C@@H]1O. The molecule has 0 radical (unpaired) electrons. The van der Waals surface area contributed by atoms with Crippen LogP contribution < -0.4 is 15.3 Å². The Morgan fingerprint density at radius 2 is 1.71 bits per heavy atom. The first-order valence-corrected chi connectivity index (χ1v) is 20.1. The van der Waals surface area contributed by atoms with Gasteiger partial charge in [0, 0.05) is 6.42 Å². The third kappa shape index (κ3) is 12.0. The van der Waals surface area contributed by atoms with Gasteiger partial charge in [0.2, 0.25) is 0 Å². The molecule has 0 saturated carbocycles. The zero-order valence-corrected chi connectivity index (χ0v) is 31.3. The van der Waals surface area contributed by atoms with Crippen LogP contribution in [0, 0.1) is 18.4 Å². The molecule has 1 saturated heterocycles. The Balaban J connectivity index is 1.25. The molecular weight excluding hydrogens is 690 g/mol. The largest absolute Gasteiger partial charge is 0.465 e. The number of aliphatic hydroxyl groups is 1. The molecule has 0 aliphatic carbocycles. The van der Waals surface area contributed by atoms with Gasteiger partial charge in [-0.2, -0.15) is 19.4 Å². The Morgan fingerprint density at radius 3 is 2.33 bits per heavy atom. The van der Waals surface area contributed by atoms with Crippen LogP contribution in [0.2, 0.25) is 0 Å². The maximum atomic E-state index is 14.1. The molecule has 5 atom stereocenters. The summed E-state index contributed by atoms with van der Waals surface area (Å²) in [7, 11) is -4.34. The van der Waals surface area contributed by atoms with Gasteiger partial charge in [-0.15, -0.1) is 6.42 Å². The lowest BCUT2D eigenvalue weighted by Gasteiger charge is -2.29. The Kier molecular flexibility index (Phi) is 16.3. The van der Waals surface area contributed by atoms with Crippen LogP contribution in [0.25, 0.3) is 11.2 Å². The number of para-hydroxylation sites is 1. The van der Waals surface area contributed by atoms with Crippen LogP contribution in [0.3, 0.4) is 0 Å². The third-order valence-electron chi connectivity index (χ3n) is 9.15. The van der Waals surface area contributed by atoms with E-state index in [1.165, 1.54) is 88.4 Å². The Labute approximate surface area is 306 Å². The van der Waals surface area contributed by atoms with Crippen LogP contribution in [0.4, 0.5) is 10.2 Å². The molecule has 0 amide bonds. The van der Waals surface area contributed by atoms with Gasteiger partial charge in [0.05, 0.1) is 12.9 Å². The van der Waals surface area contributed by atoms with Crippen molar-refractivity contribution in [2.45, 2.75) is 134 Å². The van der Waals surface area contributed by atoms with Crippen molar-refractivity contribution < 1.29 is 37.4 Å². The van der Waals surface area contributed by atoms with E-state index >= 15 is 0 Å². The van der Waals surface area contributed by atoms with Crippen LogP contribution in [-0.2, 0) is 23.4 Å². The maximum Gasteiger partial charge on any atom is 0.459 e. The van der Waals surface area contributed by atoms with E-state index in [1.54, 1.807) is 30.3 Å². The molecule has 4 N–H and O–H groups in total. The quantitative estimate of drug-likeness (QED) is 0.0273. The molecule has 2 unspecified atom stereocenters. The number of anilines is 1. The molecular formula is C37H54FN6O7P. The lowest BCUT2D eigenvalue weighted by atomic mass is 9.99. The number of nitrogens with one attached hydrogen (secondary N) is 1. The van der Waals surface area contributed by atoms with Gasteiger partial charge in [-0.3, -0.25) is 13.9 Å². The number of aromatic nitrogens is 4. The zero-order chi connectivity index (χ0) is 37.4. The van der Waals surface area contributed by atoms with Crippen LogP contribution in [-0.4, -0.2) is 61.6 Å². The number of aliphatic hydroxyl groups excluding tert-OH is 1. The number of nitrogens with two attached hydrogens (primary N) is 1. The standard InChI is InChI=1S/C37H54FN6O7P/c1-4-6-7-8-9-10-11-12-13-14-15-16-17-21-24-48-35(46)28(3)43-52(47,51-29-22-19-18-20-23-29)49-26-37(5-2)30(45)25-31(50-37)44-27-40-32-33(39)41-36(38)42-34(32)44/h2,18-20,22-23,27-28,30-31,45H,4,6-17,21,24-26H2,1,3H3,(H,43,47)(H2,39,41,42)/t28-,30-,31?,37+,52?/m0/s1. The summed E-state index contributed by atoms with van der Waals surface area (Å²) in [6.07, 6.45) is 20.9. The summed E-state index contributed by atoms with van der Waals surface area (Å²) in [5, 5.41) is 13.7. The second kappa shape index (κ2) is 20.6. The highest BCUT2D eigenvalue weighted by Gasteiger charge is 2.50. The number of unbranched alkanes of at least 4 members (excludes halogenated alkanes) is 13. The molecule has 15 heteroatoms. The molecule has 0 spiro atoms. The first kappa shape index (κ1) is 41.2. The summed E-state index contributed by atoms with van der Waals surface area (Å²) in [5.41, 5.74) is 4.15. The average Bonchev–Trinajstić information content (AvgIpc) is 3.70. The van der Waals surface area contributed by atoms with Crippen molar-refractivity contribution in [3.05, 3.63) is 42.7 Å². The summed E-state index contributed by atoms with van der Waals surface area (Å²) in [6.45, 7) is 3.37. The summed E-state index contributed by atoms with van der Waals surface area (Å²) >= 11 is 0. The number of hydrogen-bond donors (Lipinski definition) is 3. The second-order valence-electron chi connectivity index (χ2n) is 13.3. The number of benzene rings is 1. The molecule has 1 fully saturated rings. The number of imidazole rings is 1.